The molecule has 31 heavy (non-hydrogen) atoms. The third kappa shape index (κ3) is 6.91. The van der Waals surface area contributed by atoms with Gasteiger partial charge in [-0.3, -0.25) is 14.5 Å². The maximum atomic E-state index is 12.6. The molecule has 1 saturated heterocycles. The molecule has 6 heteroatoms. The number of carbonyl (C=O) groups is 2. The summed E-state index contributed by atoms with van der Waals surface area (Å²) < 4.78 is 5.02. The van der Waals surface area contributed by atoms with E-state index in [2.05, 4.69) is 45.4 Å². The van der Waals surface area contributed by atoms with Gasteiger partial charge in [-0.25, -0.2) is 0 Å². The van der Waals surface area contributed by atoms with Gasteiger partial charge in [0.2, 0.25) is 0 Å². The second-order valence-corrected chi connectivity index (χ2v) is 7.99. The van der Waals surface area contributed by atoms with Crippen LogP contribution in [0.1, 0.15) is 36.5 Å². The number of nitrogens with zero attached hydrogens (tertiary/aromatic N) is 2. The van der Waals surface area contributed by atoms with Crippen molar-refractivity contribution in [2.75, 3.05) is 50.1 Å². The number of piperazine rings is 1. The minimum absolute atomic E-state index is 0.116. The number of amides is 1. The average molecular weight is 424 g/mol. The van der Waals surface area contributed by atoms with Gasteiger partial charge in [0.25, 0.3) is 5.91 Å². The predicted molar refractivity (Wildman–Crippen MR) is 125 cm³/mol. The molecule has 166 valence electrons. The monoisotopic (exact) mass is 423 g/mol. The molecule has 1 fully saturated rings. The Hall–Kier alpha value is -2.70. The third-order valence-electron chi connectivity index (χ3n) is 5.80. The quantitative estimate of drug-likeness (QED) is 0.465. The van der Waals surface area contributed by atoms with Crippen LogP contribution < -0.4 is 10.2 Å². The summed E-state index contributed by atoms with van der Waals surface area (Å²) in [6.07, 6.45) is 1.87. The number of nitrogens with one attached hydrogen (secondary N) is 1. The highest BCUT2D eigenvalue weighted by Crippen LogP contribution is 2.17. The van der Waals surface area contributed by atoms with Gasteiger partial charge in [-0.2, -0.15) is 0 Å². The molecule has 1 heterocycles. The van der Waals surface area contributed by atoms with Crippen LogP contribution in [0.4, 0.5) is 11.4 Å². The van der Waals surface area contributed by atoms with Crippen molar-refractivity contribution in [1.82, 2.24) is 4.90 Å². The van der Waals surface area contributed by atoms with Gasteiger partial charge in [0.15, 0.2) is 5.78 Å². The molecule has 1 amide bonds. The summed E-state index contributed by atoms with van der Waals surface area (Å²) in [4.78, 5) is 29.4. The van der Waals surface area contributed by atoms with Gasteiger partial charge in [0.05, 0.1) is 0 Å². The van der Waals surface area contributed by atoms with Gasteiger partial charge in [-0.05, 0) is 50.6 Å². The van der Waals surface area contributed by atoms with Crippen molar-refractivity contribution in [3.05, 3.63) is 60.2 Å². The zero-order valence-corrected chi connectivity index (χ0v) is 18.5. The molecule has 1 N–H and O–H groups in total. The molecule has 1 atom stereocenters. The second kappa shape index (κ2) is 11.6. The molecule has 0 bridgehead atoms. The number of hydrogen-bond acceptors (Lipinski definition) is 5. The molecule has 1 aliphatic rings. The summed E-state index contributed by atoms with van der Waals surface area (Å²) >= 11 is 0. The summed E-state index contributed by atoms with van der Waals surface area (Å²) in [6, 6.07) is 17.7. The van der Waals surface area contributed by atoms with E-state index in [1.165, 1.54) is 12.8 Å². The van der Waals surface area contributed by atoms with E-state index in [9.17, 15) is 9.59 Å². The second-order valence-electron chi connectivity index (χ2n) is 7.99. The van der Waals surface area contributed by atoms with E-state index >= 15 is 0 Å². The molecular weight excluding hydrogens is 390 g/mol. The van der Waals surface area contributed by atoms with Gasteiger partial charge in [-0.1, -0.05) is 30.3 Å². The smallest absolute Gasteiger partial charge is 0.253 e. The predicted octanol–water partition coefficient (Wildman–Crippen LogP) is 3.84. The lowest BCUT2D eigenvalue weighted by Gasteiger charge is -2.36. The van der Waals surface area contributed by atoms with Crippen molar-refractivity contribution in [1.29, 1.82) is 0 Å². The zero-order chi connectivity index (χ0) is 22.1. The average Bonchev–Trinajstić information content (AvgIpc) is 2.82. The van der Waals surface area contributed by atoms with Gasteiger partial charge < -0.3 is 15.0 Å². The number of ketones is 1. The lowest BCUT2D eigenvalue weighted by molar-refractivity contribution is -0.124. The highest BCUT2D eigenvalue weighted by molar-refractivity contribution is 5.99. The fraction of sp³-hybridized carbons (Fsp3) is 0.440. The van der Waals surface area contributed by atoms with Crippen LogP contribution in [0, 0.1) is 0 Å². The summed E-state index contributed by atoms with van der Waals surface area (Å²) in [5, 5.41) is 2.79. The van der Waals surface area contributed by atoms with Crippen LogP contribution in [0.2, 0.25) is 0 Å². The summed E-state index contributed by atoms with van der Waals surface area (Å²) in [6.45, 7) is 6.92. The number of benzene rings is 2. The van der Waals surface area contributed by atoms with E-state index in [4.69, 9.17) is 4.74 Å². The normalized spacial score (nSPS) is 15.5. The van der Waals surface area contributed by atoms with Gasteiger partial charge in [0, 0.05) is 56.6 Å². The molecule has 1 aliphatic heterocycles. The van der Waals surface area contributed by atoms with E-state index in [-0.39, 0.29) is 11.7 Å². The standard InChI is InChI=1S/C25H33N3O3/c1-20(31-2)25(30)26-22-10-8-9-21(19-22)24(29)13-6-7-14-27-15-17-28(18-16-27)23-11-4-3-5-12-23/h3-5,8-12,19-20H,6-7,13-18H2,1-2H3,(H,26,30). The minimum atomic E-state index is -0.533. The van der Waals surface area contributed by atoms with Gasteiger partial charge >= 0.3 is 0 Å². The Balaban J connectivity index is 1.37. The van der Waals surface area contributed by atoms with Crippen LogP contribution in [-0.4, -0.2) is 62.5 Å². The molecule has 0 radical (unpaired) electrons. The van der Waals surface area contributed by atoms with E-state index < -0.39 is 6.10 Å². The van der Waals surface area contributed by atoms with Crippen LogP contribution in [0.15, 0.2) is 54.6 Å². The van der Waals surface area contributed by atoms with E-state index in [1.807, 2.05) is 0 Å². The Labute approximate surface area is 185 Å². The van der Waals surface area contributed by atoms with Crippen LogP contribution in [0.5, 0.6) is 0 Å². The lowest BCUT2D eigenvalue weighted by atomic mass is 10.0. The fourth-order valence-corrected chi connectivity index (χ4v) is 3.76. The van der Waals surface area contributed by atoms with Crippen LogP contribution >= 0.6 is 0 Å². The molecular formula is C25H33N3O3. The van der Waals surface area contributed by atoms with Gasteiger partial charge in [-0.15, -0.1) is 0 Å². The summed E-state index contributed by atoms with van der Waals surface area (Å²) in [5.41, 5.74) is 2.55. The van der Waals surface area contributed by atoms with Crippen molar-refractivity contribution < 1.29 is 14.3 Å². The number of hydrogen-bond donors (Lipinski definition) is 1. The maximum Gasteiger partial charge on any atom is 0.253 e. The Kier molecular flexibility index (Phi) is 8.62. The first-order valence-corrected chi connectivity index (χ1v) is 11.1. The van der Waals surface area contributed by atoms with Crippen molar-refractivity contribution in [3.63, 3.8) is 0 Å². The Morgan fingerprint density at radius 2 is 1.74 bits per heavy atom. The zero-order valence-electron chi connectivity index (χ0n) is 18.5. The number of anilines is 2. The molecule has 2 aromatic carbocycles. The summed E-state index contributed by atoms with van der Waals surface area (Å²) in [7, 11) is 1.49. The topological polar surface area (TPSA) is 61.9 Å². The van der Waals surface area contributed by atoms with Crippen molar-refractivity contribution in [2.24, 2.45) is 0 Å². The number of ether oxygens (including phenoxy) is 1. The molecule has 2 aromatic rings. The van der Waals surface area contributed by atoms with Crippen LogP contribution in [-0.2, 0) is 9.53 Å². The SMILES string of the molecule is COC(C)C(=O)Nc1cccc(C(=O)CCCCN2CCN(c3ccccc3)CC2)c1. The molecule has 0 aromatic heterocycles. The number of carbonyl (C=O) groups excluding carboxylic acids is 2. The molecule has 1 unspecified atom stereocenters. The first kappa shape index (κ1) is 23.0. The molecule has 0 spiro atoms. The van der Waals surface area contributed by atoms with Crippen molar-refractivity contribution in [2.45, 2.75) is 32.3 Å². The first-order valence-electron chi connectivity index (χ1n) is 11.1. The highest BCUT2D eigenvalue weighted by atomic mass is 16.5. The minimum Gasteiger partial charge on any atom is -0.372 e. The fourth-order valence-electron chi connectivity index (χ4n) is 3.76. The number of unbranched alkanes of at least 4 members (excludes halogenated alkanes) is 1. The van der Waals surface area contributed by atoms with E-state index in [0.29, 0.717) is 17.7 Å². The van der Waals surface area contributed by atoms with Crippen molar-refractivity contribution in [3.8, 4) is 0 Å². The largest absolute Gasteiger partial charge is 0.372 e. The highest BCUT2D eigenvalue weighted by Gasteiger charge is 2.17. The van der Waals surface area contributed by atoms with Gasteiger partial charge in [0.1, 0.15) is 6.10 Å². The molecule has 0 aliphatic carbocycles. The maximum absolute atomic E-state index is 12.6. The number of Topliss-reactive ketones (excluding diaryl/α,β-unsaturated/α-hetero) is 1. The molecule has 0 saturated carbocycles. The lowest BCUT2D eigenvalue weighted by Crippen LogP contribution is -2.46. The number of para-hydroxylation sites is 1. The Bertz CT molecular complexity index is 848. The number of methoxy groups -OCH3 is 1. The first-order chi connectivity index (χ1) is 15.1. The number of rotatable bonds is 10. The van der Waals surface area contributed by atoms with E-state index in [1.54, 1.807) is 31.2 Å². The van der Waals surface area contributed by atoms with Crippen LogP contribution in [0.25, 0.3) is 0 Å². The Morgan fingerprint density at radius 3 is 2.45 bits per heavy atom. The van der Waals surface area contributed by atoms with Crippen molar-refractivity contribution >= 4 is 23.1 Å². The third-order valence-corrected chi connectivity index (χ3v) is 5.80. The molecule has 6 nitrogen and oxygen atoms in total. The summed E-state index contributed by atoms with van der Waals surface area (Å²) in [5.74, 6) is -0.107. The van der Waals surface area contributed by atoms with Crippen LogP contribution in [0.3, 0.4) is 0 Å². The van der Waals surface area contributed by atoms with E-state index in [0.717, 1.165) is 45.6 Å². The molecule has 3 rings (SSSR count). The Morgan fingerprint density at radius 1 is 1.00 bits per heavy atom.